The van der Waals surface area contributed by atoms with Gasteiger partial charge in [0.2, 0.25) is 20.0 Å². The highest BCUT2D eigenvalue weighted by Gasteiger charge is 2.27. The van der Waals surface area contributed by atoms with Gasteiger partial charge in [-0.3, -0.25) is 4.72 Å². The lowest BCUT2D eigenvalue weighted by Gasteiger charge is -2.22. The summed E-state index contributed by atoms with van der Waals surface area (Å²) >= 11 is 0. The summed E-state index contributed by atoms with van der Waals surface area (Å²) in [6, 6.07) is -0.520. The second-order valence-electron chi connectivity index (χ2n) is 5.12. The van der Waals surface area contributed by atoms with Crippen molar-refractivity contribution in [1.29, 1.82) is 0 Å². The van der Waals surface area contributed by atoms with Crippen LogP contribution in [0.5, 0.6) is 0 Å². The van der Waals surface area contributed by atoms with Crippen molar-refractivity contribution < 1.29 is 21.6 Å². The Kier molecular flexibility index (Phi) is 4.12. The molecule has 7 nitrogen and oxygen atoms in total. The first-order valence-corrected chi connectivity index (χ1v) is 9.93. The molecule has 9 heteroatoms. The minimum Gasteiger partial charge on any atom is -0.495 e. The third kappa shape index (κ3) is 5.51. The zero-order chi connectivity index (χ0) is 15.0. The van der Waals surface area contributed by atoms with Gasteiger partial charge in [0.25, 0.3) is 0 Å². The molecule has 0 aromatic carbocycles. The lowest BCUT2D eigenvalue weighted by atomic mass is 10.1. The van der Waals surface area contributed by atoms with Crippen LogP contribution in [0.4, 0.5) is 0 Å². The molecule has 0 aliphatic heterocycles. The molecule has 20 heavy (non-hydrogen) atoms. The van der Waals surface area contributed by atoms with E-state index >= 15 is 0 Å². The van der Waals surface area contributed by atoms with Crippen LogP contribution in [0.3, 0.4) is 0 Å². The number of hydrogen-bond donors (Lipinski definition) is 2. The number of rotatable bonds is 6. The fourth-order valence-corrected chi connectivity index (χ4v) is 3.14. The maximum Gasteiger partial charge on any atom is 0.229 e. The average Bonchev–Trinajstić information content (AvgIpc) is 2.94. The molecular formula is C11H18N2O5S2. The summed E-state index contributed by atoms with van der Waals surface area (Å²) < 4.78 is 55.5. The Hall–Kier alpha value is -1.06. The Bertz CT molecular complexity index is 644. The first-order chi connectivity index (χ1) is 9.11. The molecule has 114 valence electrons. The Labute approximate surface area is 119 Å². The summed E-state index contributed by atoms with van der Waals surface area (Å²) in [5.41, 5.74) is 0.315. The molecule has 1 fully saturated rings. The van der Waals surface area contributed by atoms with Gasteiger partial charge in [-0.25, -0.2) is 21.6 Å². The number of ether oxygens (including phenoxy) is 1. The summed E-state index contributed by atoms with van der Waals surface area (Å²) in [6.07, 6.45) is 7.71. The van der Waals surface area contributed by atoms with E-state index in [1.165, 1.54) is 6.08 Å². The number of sulfonamides is 2. The normalized spacial score (nSPS) is 23.8. The van der Waals surface area contributed by atoms with Crippen LogP contribution >= 0.6 is 0 Å². The van der Waals surface area contributed by atoms with E-state index in [-0.39, 0.29) is 6.10 Å². The molecule has 2 rings (SSSR count). The second kappa shape index (κ2) is 5.38. The van der Waals surface area contributed by atoms with Gasteiger partial charge in [0.15, 0.2) is 0 Å². The van der Waals surface area contributed by atoms with Crippen molar-refractivity contribution >= 4 is 20.0 Å². The van der Waals surface area contributed by atoms with Crippen molar-refractivity contribution in [2.24, 2.45) is 0 Å². The summed E-state index contributed by atoms with van der Waals surface area (Å²) in [6.45, 7) is 0. The van der Waals surface area contributed by atoms with E-state index in [2.05, 4.69) is 9.44 Å². The van der Waals surface area contributed by atoms with Crippen molar-refractivity contribution in [3.63, 3.8) is 0 Å². The molecule has 0 spiro atoms. The standard InChI is InChI=1S/C11H18N2O5S2/c1-19(14,15)12-8-5-9(13-20(2,16)17)7-11(6-8)18-10-3-4-10/h5-6,9-10,12-13H,3-4,7H2,1-2H3. The van der Waals surface area contributed by atoms with Gasteiger partial charge in [-0.05, 0) is 25.0 Å². The van der Waals surface area contributed by atoms with Gasteiger partial charge in [-0.1, -0.05) is 0 Å². The lowest BCUT2D eigenvalue weighted by molar-refractivity contribution is 0.183. The van der Waals surface area contributed by atoms with Gasteiger partial charge in [-0.15, -0.1) is 0 Å². The molecule has 0 saturated heterocycles. The Morgan fingerprint density at radius 3 is 2.30 bits per heavy atom. The molecule has 0 amide bonds. The van der Waals surface area contributed by atoms with Crippen LogP contribution in [0.15, 0.2) is 23.6 Å². The Balaban J connectivity index is 2.16. The smallest absolute Gasteiger partial charge is 0.229 e. The number of hydrogen-bond acceptors (Lipinski definition) is 5. The molecule has 1 saturated carbocycles. The summed E-state index contributed by atoms with van der Waals surface area (Å²) in [5.74, 6) is 0.585. The Morgan fingerprint density at radius 1 is 1.15 bits per heavy atom. The van der Waals surface area contributed by atoms with Crippen molar-refractivity contribution in [3.8, 4) is 0 Å². The SMILES string of the molecule is CS(=O)(=O)NC1=CC(NS(C)(=O)=O)CC(OC2CC2)=C1. The molecular weight excluding hydrogens is 304 g/mol. The van der Waals surface area contributed by atoms with Crippen molar-refractivity contribution in [3.05, 3.63) is 23.6 Å². The molecule has 1 unspecified atom stereocenters. The van der Waals surface area contributed by atoms with Gasteiger partial charge >= 0.3 is 0 Å². The third-order valence-electron chi connectivity index (χ3n) is 2.63. The Morgan fingerprint density at radius 2 is 1.80 bits per heavy atom. The molecule has 0 aromatic heterocycles. The maximum absolute atomic E-state index is 11.3. The second-order valence-corrected chi connectivity index (χ2v) is 8.65. The average molecular weight is 322 g/mol. The topological polar surface area (TPSA) is 102 Å². The predicted molar refractivity (Wildman–Crippen MR) is 74.6 cm³/mol. The van der Waals surface area contributed by atoms with Crippen molar-refractivity contribution in [2.45, 2.75) is 31.4 Å². The lowest BCUT2D eigenvalue weighted by Crippen LogP contribution is -2.36. The van der Waals surface area contributed by atoms with Crippen molar-refractivity contribution in [2.75, 3.05) is 12.5 Å². The molecule has 0 radical (unpaired) electrons. The first-order valence-electron chi connectivity index (χ1n) is 6.15. The predicted octanol–water partition coefficient (Wildman–Crippen LogP) is -0.196. The minimum atomic E-state index is -3.42. The number of nitrogens with one attached hydrogen (secondary N) is 2. The van der Waals surface area contributed by atoms with Gasteiger partial charge in [0.05, 0.1) is 18.6 Å². The highest BCUT2D eigenvalue weighted by Crippen LogP contribution is 2.29. The van der Waals surface area contributed by atoms with Crippen LogP contribution in [0.1, 0.15) is 19.3 Å². The van der Waals surface area contributed by atoms with Gasteiger partial charge in [0, 0.05) is 18.2 Å². The maximum atomic E-state index is 11.3. The van der Waals surface area contributed by atoms with Crippen LogP contribution in [0.25, 0.3) is 0 Å². The van der Waals surface area contributed by atoms with Crippen LogP contribution in [0, 0.1) is 0 Å². The van der Waals surface area contributed by atoms with E-state index in [0.29, 0.717) is 17.9 Å². The summed E-state index contributed by atoms with van der Waals surface area (Å²) in [7, 11) is -6.80. The zero-order valence-corrected chi connectivity index (χ0v) is 12.9. The first kappa shape index (κ1) is 15.3. The van der Waals surface area contributed by atoms with Gasteiger partial charge in [-0.2, -0.15) is 0 Å². The number of allylic oxidation sites excluding steroid dienone is 1. The van der Waals surface area contributed by atoms with Gasteiger partial charge < -0.3 is 4.74 Å². The quantitative estimate of drug-likeness (QED) is 0.705. The highest BCUT2D eigenvalue weighted by atomic mass is 32.2. The minimum absolute atomic E-state index is 0.165. The monoisotopic (exact) mass is 322 g/mol. The van der Waals surface area contributed by atoms with E-state index in [9.17, 15) is 16.8 Å². The molecule has 2 aliphatic rings. The molecule has 0 heterocycles. The molecule has 2 N–H and O–H groups in total. The van der Waals surface area contributed by atoms with E-state index in [1.54, 1.807) is 6.08 Å². The van der Waals surface area contributed by atoms with E-state index in [1.807, 2.05) is 0 Å². The third-order valence-corrected chi connectivity index (χ3v) is 3.97. The largest absolute Gasteiger partial charge is 0.495 e. The van der Waals surface area contributed by atoms with E-state index in [0.717, 1.165) is 25.4 Å². The zero-order valence-electron chi connectivity index (χ0n) is 11.3. The fourth-order valence-electron chi connectivity index (χ4n) is 1.88. The van der Waals surface area contributed by atoms with E-state index < -0.39 is 26.1 Å². The van der Waals surface area contributed by atoms with Crippen LogP contribution in [-0.4, -0.2) is 41.5 Å². The molecule has 2 aliphatic carbocycles. The highest BCUT2D eigenvalue weighted by molar-refractivity contribution is 7.89. The molecule has 0 bridgehead atoms. The van der Waals surface area contributed by atoms with Crippen LogP contribution in [-0.2, 0) is 24.8 Å². The fraction of sp³-hybridized carbons (Fsp3) is 0.636. The summed E-state index contributed by atoms with van der Waals surface area (Å²) in [4.78, 5) is 0. The van der Waals surface area contributed by atoms with Crippen molar-refractivity contribution in [1.82, 2.24) is 9.44 Å². The van der Waals surface area contributed by atoms with Crippen LogP contribution in [0.2, 0.25) is 0 Å². The van der Waals surface area contributed by atoms with E-state index in [4.69, 9.17) is 4.74 Å². The van der Waals surface area contributed by atoms with Crippen LogP contribution < -0.4 is 9.44 Å². The molecule has 1 atom stereocenters. The van der Waals surface area contributed by atoms with Gasteiger partial charge in [0.1, 0.15) is 5.76 Å². The summed E-state index contributed by atoms with van der Waals surface area (Å²) in [5, 5.41) is 0. The molecule has 0 aromatic rings.